The quantitative estimate of drug-likeness (QED) is 0.893. The number of aliphatic hydroxyl groups is 1. The van der Waals surface area contributed by atoms with E-state index in [1.165, 1.54) is 0 Å². The van der Waals surface area contributed by atoms with Crippen molar-refractivity contribution in [3.05, 3.63) is 29.7 Å². The van der Waals surface area contributed by atoms with Crippen LogP contribution in [0, 0.1) is 6.92 Å². The molecule has 7 nitrogen and oxygen atoms in total. The molecule has 2 aliphatic rings. The van der Waals surface area contributed by atoms with Crippen LogP contribution >= 0.6 is 0 Å². The zero-order valence-corrected chi connectivity index (χ0v) is 15.1. The average molecular weight is 359 g/mol. The minimum absolute atomic E-state index is 0.119. The Kier molecular flexibility index (Phi) is 4.69. The van der Waals surface area contributed by atoms with Crippen molar-refractivity contribution in [1.82, 2.24) is 14.8 Å². The number of likely N-dealkylation sites (tertiary alicyclic amines) is 1. The maximum absolute atomic E-state index is 13.0. The first-order valence-corrected chi connectivity index (χ1v) is 9.21. The van der Waals surface area contributed by atoms with Crippen LogP contribution in [0.5, 0.6) is 0 Å². The van der Waals surface area contributed by atoms with E-state index in [1.807, 2.05) is 0 Å². The monoisotopic (exact) mass is 359 g/mol. The number of fused-ring (bicyclic) bond motifs is 1. The molecule has 4 rings (SSSR count). The van der Waals surface area contributed by atoms with Gasteiger partial charge in [-0.15, -0.1) is 0 Å². The molecule has 1 atom stereocenters. The van der Waals surface area contributed by atoms with Crippen molar-refractivity contribution < 1.29 is 19.1 Å². The molecule has 2 aromatic rings. The standard InChI is InChI=1S/C19H25N3O4/c1-14-20-16-5-4-15(10-17(16)26-14)18(23)22-8-9-25-13-19(24,12-22)11-21-6-2-3-7-21/h4-5,10,24H,2-3,6-9,11-13H2,1H3/t19-/m1/s1. The highest BCUT2D eigenvalue weighted by Gasteiger charge is 2.37. The van der Waals surface area contributed by atoms with Crippen LogP contribution < -0.4 is 0 Å². The lowest BCUT2D eigenvalue weighted by Crippen LogP contribution is -2.53. The van der Waals surface area contributed by atoms with Gasteiger partial charge in [-0.2, -0.15) is 0 Å². The minimum Gasteiger partial charge on any atom is -0.441 e. The lowest BCUT2D eigenvalue weighted by molar-refractivity contribution is -0.0524. The zero-order valence-electron chi connectivity index (χ0n) is 15.1. The number of nitrogens with zero attached hydrogens (tertiary/aromatic N) is 3. The van der Waals surface area contributed by atoms with Crippen LogP contribution in [0.25, 0.3) is 11.1 Å². The average Bonchev–Trinajstić information content (AvgIpc) is 3.19. The normalized spacial score (nSPS) is 24.9. The van der Waals surface area contributed by atoms with Crippen LogP contribution in [0.2, 0.25) is 0 Å². The molecule has 1 aromatic heterocycles. The number of aromatic nitrogens is 1. The van der Waals surface area contributed by atoms with Gasteiger partial charge in [-0.25, -0.2) is 4.98 Å². The Hall–Kier alpha value is -1.96. The number of carbonyl (C=O) groups is 1. The highest BCUT2D eigenvalue weighted by atomic mass is 16.5. The third-order valence-corrected chi connectivity index (χ3v) is 5.11. The van der Waals surface area contributed by atoms with Gasteiger partial charge in [0.15, 0.2) is 11.5 Å². The summed E-state index contributed by atoms with van der Waals surface area (Å²) < 4.78 is 11.1. The summed E-state index contributed by atoms with van der Waals surface area (Å²) in [6.07, 6.45) is 2.33. The van der Waals surface area contributed by atoms with E-state index < -0.39 is 5.60 Å². The van der Waals surface area contributed by atoms with E-state index in [-0.39, 0.29) is 19.1 Å². The number of hydrogen-bond donors (Lipinski definition) is 1. The highest BCUT2D eigenvalue weighted by molar-refractivity contribution is 5.97. The second-order valence-corrected chi connectivity index (χ2v) is 7.40. The molecular weight excluding hydrogens is 334 g/mol. The Balaban J connectivity index is 1.52. The molecule has 1 amide bonds. The van der Waals surface area contributed by atoms with E-state index in [2.05, 4.69) is 9.88 Å². The van der Waals surface area contributed by atoms with Gasteiger partial charge in [-0.05, 0) is 44.1 Å². The molecule has 0 spiro atoms. The van der Waals surface area contributed by atoms with Gasteiger partial charge in [0, 0.05) is 25.6 Å². The summed E-state index contributed by atoms with van der Waals surface area (Å²) in [5, 5.41) is 11.1. The fraction of sp³-hybridized carbons (Fsp3) is 0.579. The number of amides is 1. The summed E-state index contributed by atoms with van der Waals surface area (Å²) in [5.74, 6) is 0.457. The van der Waals surface area contributed by atoms with Gasteiger partial charge < -0.3 is 24.1 Å². The molecule has 2 fully saturated rings. The van der Waals surface area contributed by atoms with Gasteiger partial charge in [0.25, 0.3) is 5.91 Å². The Morgan fingerprint density at radius 2 is 2.12 bits per heavy atom. The molecule has 0 aliphatic carbocycles. The molecule has 7 heteroatoms. The van der Waals surface area contributed by atoms with Crippen LogP contribution in [0.4, 0.5) is 0 Å². The maximum atomic E-state index is 13.0. The van der Waals surface area contributed by atoms with Gasteiger partial charge in [0.05, 0.1) is 19.8 Å². The van der Waals surface area contributed by atoms with Crippen molar-refractivity contribution in [1.29, 1.82) is 0 Å². The van der Waals surface area contributed by atoms with Crippen molar-refractivity contribution in [3.63, 3.8) is 0 Å². The molecule has 2 aliphatic heterocycles. The van der Waals surface area contributed by atoms with Gasteiger partial charge in [0.1, 0.15) is 11.1 Å². The number of benzene rings is 1. The van der Waals surface area contributed by atoms with Crippen LogP contribution in [0.1, 0.15) is 29.1 Å². The van der Waals surface area contributed by atoms with Crippen molar-refractivity contribution >= 4 is 17.0 Å². The summed E-state index contributed by atoms with van der Waals surface area (Å²) in [5.41, 5.74) is 0.846. The molecule has 1 aromatic carbocycles. The molecular formula is C19H25N3O4. The molecule has 140 valence electrons. The summed E-state index contributed by atoms with van der Waals surface area (Å²) >= 11 is 0. The van der Waals surface area contributed by atoms with Crippen LogP contribution in [-0.2, 0) is 4.74 Å². The number of carbonyl (C=O) groups excluding carboxylic acids is 1. The maximum Gasteiger partial charge on any atom is 0.254 e. The number of rotatable bonds is 3. The fourth-order valence-electron chi connectivity index (χ4n) is 3.90. The van der Waals surface area contributed by atoms with E-state index in [1.54, 1.807) is 30.0 Å². The largest absolute Gasteiger partial charge is 0.441 e. The van der Waals surface area contributed by atoms with Crippen LogP contribution in [0.15, 0.2) is 22.6 Å². The second-order valence-electron chi connectivity index (χ2n) is 7.40. The first-order chi connectivity index (χ1) is 12.5. The van der Waals surface area contributed by atoms with Gasteiger partial charge >= 0.3 is 0 Å². The van der Waals surface area contributed by atoms with Crippen molar-refractivity contribution in [3.8, 4) is 0 Å². The van der Waals surface area contributed by atoms with Gasteiger partial charge in [-0.3, -0.25) is 4.79 Å². The van der Waals surface area contributed by atoms with Crippen LogP contribution in [-0.4, -0.2) is 77.3 Å². The van der Waals surface area contributed by atoms with E-state index in [0.717, 1.165) is 31.4 Å². The van der Waals surface area contributed by atoms with Crippen molar-refractivity contribution in [2.24, 2.45) is 0 Å². The molecule has 0 unspecified atom stereocenters. The van der Waals surface area contributed by atoms with Crippen LogP contribution in [0.3, 0.4) is 0 Å². The van der Waals surface area contributed by atoms with Gasteiger partial charge in [0.2, 0.25) is 0 Å². The molecule has 0 bridgehead atoms. The Morgan fingerprint density at radius 1 is 1.31 bits per heavy atom. The Labute approximate surface area is 152 Å². The molecule has 26 heavy (non-hydrogen) atoms. The molecule has 0 saturated carbocycles. The van der Waals surface area contributed by atoms with Gasteiger partial charge in [-0.1, -0.05) is 0 Å². The summed E-state index contributed by atoms with van der Waals surface area (Å²) in [6.45, 7) is 5.74. The molecule has 2 saturated heterocycles. The predicted molar refractivity (Wildman–Crippen MR) is 96.1 cm³/mol. The lowest BCUT2D eigenvalue weighted by atomic mass is 10.0. The highest BCUT2D eigenvalue weighted by Crippen LogP contribution is 2.21. The molecule has 0 radical (unpaired) electrons. The van der Waals surface area contributed by atoms with E-state index in [0.29, 0.717) is 36.7 Å². The first kappa shape index (κ1) is 17.5. The number of oxazole rings is 1. The van der Waals surface area contributed by atoms with Crippen molar-refractivity contribution in [2.45, 2.75) is 25.4 Å². The Bertz CT molecular complexity index is 799. The number of aryl methyl sites for hydroxylation is 1. The lowest BCUT2D eigenvalue weighted by Gasteiger charge is -2.34. The summed E-state index contributed by atoms with van der Waals surface area (Å²) in [6, 6.07) is 5.28. The minimum atomic E-state index is -1.04. The number of ether oxygens (including phenoxy) is 1. The fourth-order valence-corrected chi connectivity index (χ4v) is 3.90. The number of β-amino-alcohol motifs (C(OH)–C–C–N with tert-alkyl or cyclic N) is 1. The Morgan fingerprint density at radius 3 is 2.92 bits per heavy atom. The third kappa shape index (κ3) is 3.60. The van der Waals surface area contributed by atoms with Crippen molar-refractivity contribution in [2.75, 3.05) is 45.9 Å². The molecule has 3 heterocycles. The topological polar surface area (TPSA) is 79.0 Å². The van der Waals surface area contributed by atoms with E-state index in [9.17, 15) is 9.90 Å². The first-order valence-electron chi connectivity index (χ1n) is 9.21. The second kappa shape index (κ2) is 6.98. The molecule has 1 N–H and O–H groups in total. The zero-order chi connectivity index (χ0) is 18.1. The summed E-state index contributed by atoms with van der Waals surface area (Å²) in [4.78, 5) is 21.2. The SMILES string of the molecule is Cc1nc2ccc(C(=O)N3CCOC[C@@](O)(CN4CCCC4)C3)cc2o1. The number of hydrogen-bond acceptors (Lipinski definition) is 6. The predicted octanol–water partition coefficient (Wildman–Crippen LogP) is 1.44. The summed E-state index contributed by atoms with van der Waals surface area (Å²) in [7, 11) is 0. The van der Waals surface area contributed by atoms with E-state index in [4.69, 9.17) is 9.15 Å². The van der Waals surface area contributed by atoms with E-state index >= 15 is 0 Å². The third-order valence-electron chi connectivity index (χ3n) is 5.11. The smallest absolute Gasteiger partial charge is 0.254 e.